The minimum absolute atomic E-state index is 0.290. The molecule has 0 bridgehead atoms. The molecule has 1 aromatic carbocycles. The number of nitrogens with one attached hydrogen (secondary N) is 1. The molecule has 19 heavy (non-hydrogen) atoms. The van der Waals surface area contributed by atoms with E-state index < -0.39 is 0 Å². The molecule has 2 rings (SSSR count). The molecule has 1 aliphatic rings. The Hall–Kier alpha value is -0.770. The van der Waals surface area contributed by atoms with Crippen LogP contribution in [0.2, 0.25) is 5.02 Å². The van der Waals surface area contributed by atoms with Crippen molar-refractivity contribution in [1.82, 2.24) is 5.32 Å². The second-order valence-corrected chi connectivity index (χ2v) is 5.49. The van der Waals surface area contributed by atoms with Gasteiger partial charge in [0.1, 0.15) is 0 Å². The van der Waals surface area contributed by atoms with Gasteiger partial charge in [-0.3, -0.25) is 0 Å². The highest BCUT2D eigenvalue weighted by molar-refractivity contribution is 6.31. The van der Waals surface area contributed by atoms with Crippen molar-refractivity contribution < 1.29 is 4.74 Å². The van der Waals surface area contributed by atoms with Crippen LogP contribution in [0.15, 0.2) is 18.2 Å². The van der Waals surface area contributed by atoms with E-state index in [1.54, 1.807) is 0 Å². The van der Waals surface area contributed by atoms with Crippen molar-refractivity contribution in [2.45, 2.75) is 32.9 Å². The summed E-state index contributed by atoms with van der Waals surface area (Å²) >= 11 is 6.37. The zero-order valence-electron chi connectivity index (χ0n) is 11.8. The number of halogens is 1. The van der Waals surface area contributed by atoms with E-state index in [9.17, 15) is 0 Å². The van der Waals surface area contributed by atoms with Crippen molar-refractivity contribution in [3.05, 3.63) is 28.8 Å². The van der Waals surface area contributed by atoms with E-state index in [1.165, 1.54) is 11.3 Å². The van der Waals surface area contributed by atoms with E-state index in [1.807, 2.05) is 0 Å². The van der Waals surface area contributed by atoms with Gasteiger partial charge in [0, 0.05) is 30.3 Å². The second-order valence-electron chi connectivity index (χ2n) is 5.08. The molecule has 0 aromatic heterocycles. The number of benzene rings is 1. The summed E-state index contributed by atoms with van der Waals surface area (Å²) in [4.78, 5) is 2.34. The standard InChI is InChI=1S/C15H23ClN2O/c1-3-6-17-10-13-4-5-14(9-15(13)16)18-7-8-19-12(2)11-18/h4-5,9,12,17H,3,6-8,10-11H2,1-2H3. The van der Waals surface area contributed by atoms with Crippen molar-refractivity contribution in [3.8, 4) is 0 Å². The molecule has 0 saturated carbocycles. The van der Waals surface area contributed by atoms with Gasteiger partial charge < -0.3 is 15.0 Å². The van der Waals surface area contributed by atoms with Crippen molar-refractivity contribution in [1.29, 1.82) is 0 Å². The maximum Gasteiger partial charge on any atom is 0.0722 e. The Morgan fingerprint density at radius 3 is 3.00 bits per heavy atom. The number of hydrogen-bond acceptors (Lipinski definition) is 3. The average molecular weight is 283 g/mol. The molecule has 0 amide bonds. The van der Waals surface area contributed by atoms with Gasteiger partial charge in [-0.15, -0.1) is 0 Å². The molecule has 4 heteroatoms. The average Bonchev–Trinajstić information content (AvgIpc) is 2.41. The van der Waals surface area contributed by atoms with Crippen LogP contribution in [-0.4, -0.2) is 32.3 Å². The maximum absolute atomic E-state index is 6.37. The van der Waals surface area contributed by atoms with Crippen LogP contribution < -0.4 is 10.2 Å². The highest BCUT2D eigenvalue weighted by Crippen LogP contribution is 2.25. The topological polar surface area (TPSA) is 24.5 Å². The van der Waals surface area contributed by atoms with Crippen molar-refractivity contribution in [2.75, 3.05) is 31.1 Å². The highest BCUT2D eigenvalue weighted by atomic mass is 35.5. The maximum atomic E-state index is 6.37. The van der Waals surface area contributed by atoms with Crippen molar-refractivity contribution in [2.24, 2.45) is 0 Å². The third-order valence-electron chi connectivity index (χ3n) is 3.39. The number of ether oxygens (including phenoxy) is 1. The van der Waals surface area contributed by atoms with Gasteiger partial charge in [-0.25, -0.2) is 0 Å². The molecule has 1 fully saturated rings. The third-order valence-corrected chi connectivity index (χ3v) is 3.74. The fourth-order valence-corrected chi connectivity index (χ4v) is 2.57. The second kappa shape index (κ2) is 7.13. The van der Waals surface area contributed by atoms with Crippen LogP contribution in [0.1, 0.15) is 25.8 Å². The van der Waals surface area contributed by atoms with Crippen LogP contribution in [0.25, 0.3) is 0 Å². The molecule has 0 aliphatic carbocycles. The SMILES string of the molecule is CCCNCc1ccc(N2CCOC(C)C2)cc1Cl. The van der Waals surface area contributed by atoms with Gasteiger partial charge >= 0.3 is 0 Å². The van der Waals surface area contributed by atoms with Crippen LogP contribution in [0.3, 0.4) is 0 Å². The van der Waals surface area contributed by atoms with Gasteiger partial charge in [-0.2, -0.15) is 0 Å². The Balaban J connectivity index is 2.01. The van der Waals surface area contributed by atoms with E-state index in [0.29, 0.717) is 6.10 Å². The summed E-state index contributed by atoms with van der Waals surface area (Å²) in [7, 11) is 0. The van der Waals surface area contributed by atoms with E-state index in [4.69, 9.17) is 16.3 Å². The lowest BCUT2D eigenvalue weighted by Gasteiger charge is -2.33. The molecule has 1 heterocycles. The first-order valence-corrected chi connectivity index (χ1v) is 7.44. The number of hydrogen-bond donors (Lipinski definition) is 1. The van der Waals surface area contributed by atoms with Gasteiger partial charge in [0.15, 0.2) is 0 Å². The van der Waals surface area contributed by atoms with Gasteiger partial charge in [0.25, 0.3) is 0 Å². The molecule has 106 valence electrons. The fourth-order valence-electron chi connectivity index (χ4n) is 2.33. The first kappa shape index (κ1) is 14.6. The highest BCUT2D eigenvalue weighted by Gasteiger charge is 2.17. The van der Waals surface area contributed by atoms with Crippen LogP contribution in [0.5, 0.6) is 0 Å². The quantitative estimate of drug-likeness (QED) is 0.840. The first-order chi connectivity index (χ1) is 9.20. The number of nitrogens with zero attached hydrogens (tertiary/aromatic N) is 1. The molecular weight excluding hydrogens is 260 g/mol. The monoisotopic (exact) mass is 282 g/mol. The predicted octanol–water partition coefficient (Wildman–Crippen LogP) is 3.06. The minimum atomic E-state index is 0.290. The molecule has 0 spiro atoms. The summed E-state index contributed by atoms with van der Waals surface area (Å²) in [5.74, 6) is 0. The van der Waals surface area contributed by atoms with E-state index in [-0.39, 0.29) is 0 Å². The van der Waals surface area contributed by atoms with Crippen molar-refractivity contribution >= 4 is 17.3 Å². The summed E-state index contributed by atoms with van der Waals surface area (Å²) in [5, 5.41) is 4.23. The fraction of sp³-hybridized carbons (Fsp3) is 0.600. The predicted molar refractivity (Wildman–Crippen MR) is 81.1 cm³/mol. The van der Waals surface area contributed by atoms with E-state index >= 15 is 0 Å². The lowest BCUT2D eigenvalue weighted by Crippen LogP contribution is -2.41. The van der Waals surface area contributed by atoms with Crippen molar-refractivity contribution in [3.63, 3.8) is 0 Å². The molecular formula is C15H23ClN2O. The normalized spacial score (nSPS) is 19.7. The Morgan fingerprint density at radius 2 is 2.32 bits per heavy atom. The summed E-state index contributed by atoms with van der Waals surface area (Å²) < 4.78 is 5.56. The molecule has 1 saturated heterocycles. The smallest absolute Gasteiger partial charge is 0.0722 e. The Kier molecular flexibility index (Phi) is 5.49. The van der Waals surface area contributed by atoms with Gasteiger partial charge in [0.05, 0.1) is 12.7 Å². The van der Waals surface area contributed by atoms with Gasteiger partial charge in [-0.1, -0.05) is 24.6 Å². The number of anilines is 1. The minimum Gasteiger partial charge on any atom is -0.375 e. The zero-order valence-corrected chi connectivity index (χ0v) is 12.5. The Bertz CT molecular complexity index is 411. The van der Waals surface area contributed by atoms with Gasteiger partial charge in [0.2, 0.25) is 0 Å². The molecule has 3 nitrogen and oxygen atoms in total. The number of rotatable bonds is 5. The summed E-state index contributed by atoms with van der Waals surface area (Å²) in [6.07, 6.45) is 1.43. The number of morpholine rings is 1. The largest absolute Gasteiger partial charge is 0.375 e. The first-order valence-electron chi connectivity index (χ1n) is 7.06. The van der Waals surface area contributed by atoms with Gasteiger partial charge in [-0.05, 0) is 37.6 Å². The molecule has 0 radical (unpaired) electrons. The molecule has 1 aromatic rings. The van der Waals surface area contributed by atoms with Crippen LogP contribution in [-0.2, 0) is 11.3 Å². The molecule has 1 unspecified atom stereocenters. The molecule has 1 N–H and O–H groups in total. The Morgan fingerprint density at radius 1 is 1.47 bits per heavy atom. The summed E-state index contributed by atoms with van der Waals surface area (Å²) in [6.45, 7) is 8.80. The van der Waals surface area contributed by atoms with E-state index in [0.717, 1.165) is 44.2 Å². The summed E-state index contributed by atoms with van der Waals surface area (Å²) in [5.41, 5.74) is 2.36. The Labute approximate surface area is 120 Å². The van der Waals surface area contributed by atoms with E-state index in [2.05, 4.69) is 42.3 Å². The summed E-state index contributed by atoms with van der Waals surface area (Å²) in [6, 6.07) is 6.36. The molecule has 1 atom stereocenters. The molecule has 1 aliphatic heterocycles. The lowest BCUT2D eigenvalue weighted by molar-refractivity contribution is 0.0532. The van der Waals surface area contributed by atoms with Crippen LogP contribution in [0.4, 0.5) is 5.69 Å². The van der Waals surface area contributed by atoms with Crippen LogP contribution in [0, 0.1) is 0 Å². The lowest BCUT2D eigenvalue weighted by atomic mass is 10.1. The van der Waals surface area contributed by atoms with Crippen LogP contribution >= 0.6 is 11.6 Å². The third kappa shape index (κ3) is 4.10. The zero-order chi connectivity index (χ0) is 13.7.